The van der Waals surface area contributed by atoms with Crippen LogP contribution in [0.3, 0.4) is 0 Å². The lowest BCUT2D eigenvalue weighted by Gasteiger charge is -2.52. The molecule has 2 aliphatic heterocycles. The number of furan rings is 1. The molecule has 4 rings (SSSR count). The largest absolute Gasteiger partial charge is 0.477 e. The SMILES string of the molecule is CO/N=C(/C(=O)NC1CN2C(C(=O)O)=C(CSC(=O)c3ccco3)CSC12)c1csc(N)n1. The predicted molar refractivity (Wildman–Crippen MR) is 125 cm³/mol. The third-order valence-corrected chi connectivity index (χ3v) is 7.95. The maximum atomic E-state index is 12.8. The van der Waals surface area contributed by atoms with Gasteiger partial charge in [0.05, 0.1) is 17.7 Å². The van der Waals surface area contributed by atoms with E-state index < -0.39 is 11.9 Å². The summed E-state index contributed by atoms with van der Waals surface area (Å²) in [5, 5.41) is 17.8. The van der Waals surface area contributed by atoms with Gasteiger partial charge in [-0.25, -0.2) is 9.78 Å². The van der Waals surface area contributed by atoms with Crippen LogP contribution in [0, 0.1) is 0 Å². The lowest BCUT2D eigenvalue weighted by Crippen LogP contribution is -2.67. The van der Waals surface area contributed by atoms with Gasteiger partial charge >= 0.3 is 5.97 Å². The molecule has 0 bridgehead atoms. The van der Waals surface area contributed by atoms with Gasteiger partial charge in [0, 0.05) is 23.4 Å². The second-order valence-corrected chi connectivity index (χ2v) is 9.88. The van der Waals surface area contributed by atoms with Gasteiger partial charge in [-0.3, -0.25) is 9.59 Å². The van der Waals surface area contributed by atoms with E-state index >= 15 is 0 Å². The Morgan fingerprint density at radius 2 is 2.30 bits per heavy atom. The van der Waals surface area contributed by atoms with Crippen molar-refractivity contribution in [3.8, 4) is 0 Å². The highest BCUT2D eigenvalue weighted by Crippen LogP contribution is 2.40. The van der Waals surface area contributed by atoms with E-state index in [9.17, 15) is 19.5 Å². The molecule has 0 aliphatic carbocycles. The van der Waals surface area contributed by atoms with E-state index in [2.05, 4.69) is 15.5 Å². The number of thiazole rings is 1. The highest BCUT2D eigenvalue weighted by Gasteiger charge is 2.47. The summed E-state index contributed by atoms with van der Waals surface area (Å²) in [6.45, 7) is 0.310. The Morgan fingerprint density at radius 1 is 1.48 bits per heavy atom. The van der Waals surface area contributed by atoms with Gasteiger partial charge in [0.15, 0.2) is 16.6 Å². The average Bonchev–Trinajstić information content (AvgIpc) is 3.45. The molecule has 2 unspecified atom stereocenters. The van der Waals surface area contributed by atoms with Gasteiger partial charge in [0.1, 0.15) is 18.5 Å². The summed E-state index contributed by atoms with van der Waals surface area (Å²) in [5.74, 6) is -0.662. The number of fused-ring (bicyclic) bond motifs is 1. The van der Waals surface area contributed by atoms with E-state index in [1.54, 1.807) is 22.4 Å². The van der Waals surface area contributed by atoms with Gasteiger partial charge in [-0.2, -0.15) is 0 Å². The third kappa shape index (κ3) is 4.86. The molecule has 1 amide bonds. The Morgan fingerprint density at radius 3 is 2.94 bits per heavy atom. The second-order valence-electron chi connectivity index (χ2n) is 6.94. The van der Waals surface area contributed by atoms with Crippen LogP contribution in [0.15, 0.2) is 44.6 Å². The molecule has 14 heteroatoms. The van der Waals surface area contributed by atoms with Gasteiger partial charge in [-0.15, -0.1) is 23.1 Å². The zero-order valence-electron chi connectivity index (χ0n) is 17.2. The molecule has 33 heavy (non-hydrogen) atoms. The first-order valence-corrected chi connectivity index (χ1v) is 12.5. The molecule has 2 aromatic rings. The van der Waals surface area contributed by atoms with Gasteiger partial charge in [-0.1, -0.05) is 16.9 Å². The van der Waals surface area contributed by atoms with Gasteiger partial charge < -0.3 is 30.3 Å². The number of oxime groups is 1. The number of nitrogen functional groups attached to an aromatic ring is 1. The number of aromatic nitrogens is 1. The summed E-state index contributed by atoms with van der Waals surface area (Å²) in [5.41, 5.74) is 6.76. The molecule has 4 N–H and O–H groups in total. The van der Waals surface area contributed by atoms with Crippen molar-refractivity contribution in [3.63, 3.8) is 0 Å². The smallest absolute Gasteiger partial charge is 0.352 e. The third-order valence-electron chi connectivity index (χ3n) is 4.88. The van der Waals surface area contributed by atoms with Crippen molar-refractivity contribution in [1.82, 2.24) is 15.2 Å². The van der Waals surface area contributed by atoms with Crippen molar-refractivity contribution >= 4 is 62.7 Å². The molecule has 1 saturated heterocycles. The molecular formula is C19H19N5O6S3. The van der Waals surface area contributed by atoms with Crippen molar-refractivity contribution in [2.75, 3.05) is 30.9 Å². The first-order chi connectivity index (χ1) is 15.9. The fraction of sp³-hybridized carbons (Fsp3) is 0.316. The maximum absolute atomic E-state index is 12.8. The van der Waals surface area contributed by atoms with Crippen LogP contribution in [0.2, 0.25) is 0 Å². The van der Waals surface area contributed by atoms with Crippen LogP contribution in [-0.2, 0) is 14.4 Å². The molecule has 0 aromatic carbocycles. The summed E-state index contributed by atoms with van der Waals surface area (Å²) in [4.78, 5) is 47.5. The Kier molecular flexibility index (Phi) is 6.95. The summed E-state index contributed by atoms with van der Waals surface area (Å²) < 4.78 is 5.09. The average molecular weight is 510 g/mol. The first-order valence-electron chi connectivity index (χ1n) is 9.56. The van der Waals surface area contributed by atoms with Crippen LogP contribution in [0.5, 0.6) is 0 Å². The molecule has 0 radical (unpaired) electrons. The first kappa shape index (κ1) is 23.2. The molecule has 2 aromatic heterocycles. The summed E-state index contributed by atoms with van der Waals surface area (Å²) in [7, 11) is 1.32. The number of nitrogens with zero attached hydrogens (tertiary/aromatic N) is 3. The fourth-order valence-corrected chi connectivity index (χ4v) is 6.26. The Hall–Kier alpha value is -2.97. The quantitative estimate of drug-likeness (QED) is 0.349. The van der Waals surface area contributed by atoms with Crippen molar-refractivity contribution in [1.29, 1.82) is 0 Å². The highest BCUT2D eigenvalue weighted by atomic mass is 32.2. The van der Waals surface area contributed by atoms with Crippen LogP contribution in [0.1, 0.15) is 16.2 Å². The summed E-state index contributed by atoms with van der Waals surface area (Å²) in [6, 6.07) is 2.89. The van der Waals surface area contributed by atoms with Crippen molar-refractivity contribution < 1.29 is 28.7 Å². The monoisotopic (exact) mass is 509 g/mol. The number of rotatable bonds is 8. The molecule has 174 valence electrons. The van der Waals surface area contributed by atoms with E-state index in [1.807, 2.05) is 0 Å². The highest BCUT2D eigenvalue weighted by molar-refractivity contribution is 8.14. The molecule has 2 atom stereocenters. The van der Waals surface area contributed by atoms with Gasteiger partial charge in [-0.05, 0) is 17.7 Å². The number of carboxylic acid groups (broad SMARTS) is 1. The number of hydrogen-bond acceptors (Lipinski definition) is 12. The second kappa shape index (κ2) is 9.89. The number of hydrogen-bond donors (Lipinski definition) is 3. The van der Waals surface area contributed by atoms with Crippen LogP contribution in [0.4, 0.5) is 5.13 Å². The number of carbonyl (C=O) groups excluding carboxylic acids is 2. The minimum atomic E-state index is -1.06. The minimum absolute atomic E-state index is 0.00719. The summed E-state index contributed by atoms with van der Waals surface area (Å²) >= 11 is 3.68. The van der Waals surface area contributed by atoms with Crippen molar-refractivity contribution in [2.24, 2.45) is 5.16 Å². The van der Waals surface area contributed by atoms with E-state index in [1.165, 1.54) is 36.5 Å². The Balaban J connectivity index is 1.42. The van der Waals surface area contributed by atoms with Crippen LogP contribution in [0.25, 0.3) is 0 Å². The molecule has 0 spiro atoms. The Bertz CT molecular complexity index is 1130. The lowest BCUT2D eigenvalue weighted by molar-refractivity contribution is -0.135. The summed E-state index contributed by atoms with van der Waals surface area (Å²) in [6.07, 6.45) is 1.41. The number of nitrogens with two attached hydrogens (primary N) is 1. The van der Waals surface area contributed by atoms with Crippen LogP contribution < -0.4 is 11.1 Å². The standard InChI is InChI=1S/C19H19N5O6S3/c1-29-23-13(11-8-33-19(20)22-11)15(25)21-10-5-24-14(17(26)27)9(6-31-16(10)24)7-32-18(28)12-3-2-4-30-12/h2-4,8,10,16H,5-7H2,1H3,(H2,20,22)(H,21,25)(H,26,27)/b23-13+. The number of aliphatic carboxylic acids is 1. The predicted octanol–water partition coefficient (Wildman–Crippen LogP) is 1.45. The maximum Gasteiger partial charge on any atom is 0.352 e. The number of amides is 1. The van der Waals surface area contributed by atoms with Crippen LogP contribution >= 0.6 is 34.9 Å². The minimum Gasteiger partial charge on any atom is -0.477 e. The number of carbonyl (C=O) groups is 3. The Labute approximate surface area is 200 Å². The topological polar surface area (TPSA) is 160 Å². The van der Waals surface area contributed by atoms with Gasteiger partial charge in [0.2, 0.25) is 0 Å². The van der Waals surface area contributed by atoms with Crippen molar-refractivity contribution in [3.05, 3.63) is 46.5 Å². The number of anilines is 1. The van der Waals surface area contributed by atoms with E-state index in [0.29, 0.717) is 28.7 Å². The molecule has 2 aliphatic rings. The molecule has 11 nitrogen and oxygen atoms in total. The fourth-order valence-electron chi connectivity index (χ4n) is 3.42. The normalized spacial score (nSPS) is 20.2. The van der Waals surface area contributed by atoms with E-state index in [4.69, 9.17) is 15.0 Å². The van der Waals surface area contributed by atoms with Crippen LogP contribution in [-0.4, -0.2) is 74.3 Å². The number of nitrogens with one attached hydrogen (secondary N) is 1. The zero-order valence-corrected chi connectivity index (χ0v) is 19.7. The zero-order chi connectivity index (χ0) is 23.5. The van der Waals surface area contributed by atoms with E-state index in [-0.39, 0.29) is 39.5 Å². The molecule has 0 saturated carbocycles. The number of thioether (sulfide) groups is 2. The molecule has 1 fully saturated rings. The van der Waals surface area contributed by atoms with Gasteiger partial charge in [0.25, 0.3) is 11.0 Å². The lowest BCUT2D eigenvalue weighted by atomic mass is 10.0. The molecular weight excluding hydrogens is 490 g/mol. The molecule has 4 heterocycles. The van der Waals surface area contributed by atoms with E-state index in [0.717, 1.165) is 11.8 Å². The number of carboxylic acids is 1. The van der Waals surface area contributed by atoms with Crippen molar-refractivity contribution in [2.45, 2.75) is 11.4 Å².